The Hall–Kier alpha value is -2.80. The number of nitriles is 1. The van der Waals surface area contributed by atoms with E-state index in [1.807, 2.05) is 50.2 Å². The average Bonchev–Trinajstić information content (AvgIpc) is 2.91. The van der Waals surface area contributed by atoms with Gasteiger partial charge in [-0.25, -0.2) is 4.79 Å². The van der Waals surface area contributed by atoms with Crippen molar-refractivity contribution in [1.82, 2.24) is 4.57 Å². The zero-order valence-electron chi connectivity index (χ0n) is 17.7. The fraction of sp³-hybridized carbons (Fsp3) is 0.417. The van der Waals surface area contributed by atoms with E-state index in [1.165, 1.54) is 5.56 Å². The third-order valence-corrected chi connectivity index (χ3v) is 4.82. The van der Waals surface area contributed by atoms with Gasteiger partial charge in [-0.15, -0.1) is 0 Å². The predicted octanol–water partition coefficient (Wildman–Crippen LogP) is 5.53. The molecule has 28 heavy (non-hydrogen) atoms. The summed E-state index contributed by atoms with van der Waals surface area (Å²) in [5.74, 6) is 0.382. The number of ether oxygens (including phenoxy) is 1. The monoisotopic (exact) mass is 378 g/mol. The van der Waals surface area contributed by atoms with Gasteiger partial charge in [0.15, 0.2) is 0 Å². The molecule has 0 aliphatic heterocycles. The zero-order valence-corrected chi connectivity index (χ0v) is 17.7. The van der Waals surface area contributed by atoms with E-state index >= 15 is 0 Å². The van der Waals surface area contributed by atoms with Gasteiger partial charge in [-0.2, -0.15) is 5.26 Å². The Morgan fingerprint density at radius 2 is 1.82 bits per heavy atom. The van der Waals surface area contributed by atoms with Gasteiger partial charge in [0, 0.05) is 17.9 Å². The van der Waals surface area contributed by atoms with Crippen molar-refractivity contribution in [3.05, 3.63) is 64.0 Å². The molecule has 0 fully saturated rings. The highest BCUT2D eigenvalue weighted by atomic mass is 16.5. The number of rotatable bonds is 7. The smallest absolute Gasteiger partial charge is 0.349 e. The van der Waals surface area contributed by atoms with Crippen molar-refractivity contribution in [2.75, 3.05) is 0 Å². The molecule has 1 aromatic heterocycles. The maximum Gasteiger partial charge on any atom is 0.349 e. The molecule has 0 N–H and O–H groups in total. The van der Waals surface area contributed by atoms with Crippen molar-refractivity contribution >= 4 is 12.0 Å². The molecule has 2 rings (SSSR count). The standard InChI is InChI=1S/C24H30N2O2/c1-16(2)14-26-18(5)11-22(19(26)6)12-23(13-25)24(27)28-15-20-7-9-21(10-8-20)17(3)4/h7-12,16-17H,14-15H2,1-6H3/b23-12+. The molecular formula is C24H30N2O2. The molecule has 0 radical (unpaired) electrons. The Labute approximate surface area is 168 Å². The molecule has 1 aromatic carbocycles. The van der Waals surface area contributed by atoms with Crippen molar-refractivity contribution in [3.63, 3.8) is 0 Å². The minimum Gasteiger partial charge on any atom is -0.457 e. The third-order valence-electron chi connectivity index (χ3n) is 4.82. The molecule has 0 aliphatic carbocycles. The number of aryl methyl sites for hydroxylation is 1. The first kappa shape index (κ1) is 21.5. The van der Waals surface area contributed by atoms with Crippen LogP contribution in [0.4, 0.5) is 0 Å². The van der Waals surface area contributed by atoms with Crippen molar-refractivity contribution < 1.29 is 9.53 Å². The van der Waals surface area contributed by atoms with Crippen molar-refractivity contribution in [2.45, 2.75) is 60.6 Å². The lowest BCUT2D eigenvalue weighted by atomic mass is 10.0. The molecule has 0 unspecified atom stereocenters. The number of hydrogen-bond donors (Lipinski definition) is 0. The van der Waals surface area contributed by atoms with Crippen LogP contribution in [0.2, 0.25) is 0 Å². The largest absolute Gasteiger partial charge is 0.457 e. The highest BCUT2D eigenvalue weighted by Crippen LogP contribution is 2.20. The molecule has 4 heteroatoms. The van der Waals surface area contributed by atoms with Gasteiger partial charge in [0.25, 0.3) is 0 Å². The summed E-state index contributed by atoms with van der Waals surface area (Å²) in [6.07, 6.45) is 1.63. The molecule has 1 heterocycles. The second kappa shape index (κ2) is 9.41. The molecule has 148 valence electrons. The highest BCUT2D eigenvalue weighted by molar-refractivity contribution is 5.98. The normalized spacial score (nSPS) is 11.8. The van der Waals surface area contributed by atoms with Gasteiger partial charge in [0.1, 0.15) is 18.2 Å². The molecule has 0 aliphatic rings. The van der Waals surface area contributed by atoms with Crippen LogP contribution in [0.15, 0.2) is 35.9 Å². The van der Waals surface area contributed by atoms with E-state index in [9.17, 15) is 10.1 Å². The number of carbonyl (C=O) groups excluding carboxylic acids is 1. The van der Waals surface area contributed by atoms with E-state index in [4.69, 9.17) is 4.74 Å². The summed E-state index contributed by atoms with van der Waals surface area (Å²) < 4.78 is 7.57. The van der Waals surface area contributed by atoms with Gasteiger partial charge in [0.05, 0.1) is 0 Å². The highest BCUT2D eigenvalue weighted by Gasteiger charge is 2.15. The molecule has 0 bridgehead atoms. The lowest BCUT2D eigenvalue weighted by molar-refractivity contribution is -0.139. The summed E-state index contributed by atoms with van der Waals surface area (Å²) in [6, 6.07) is 12.0. The molecule has 0 atom stereocenters. The zero-order chi connectivity index (χ0) is 20.8. The van der Waals surface area contributed by atoms with Crippen molar-refractivity contribution in [1.29, 1.82) is 5.26 Å². The van der Waals surface area contributed by atoms with E-state index in [2.05, 4.69) is 32.3 Å². The van der Waals surface area contributed by atoms with Crippen LogP contribution in [0.3, 0.4) is 0 Å². The second-order valence-corrected chi connectivity index (χ2v) is 7.97. The van der Waals surface area contributed by atoms with Crippen LogP contribution in [0.5, 0.6) is 0 Å². The van der Waals surface area contributed by atoms with Crippen LogP contribution in [-0.2, 0) is 22.7 Å². The summed E-state index contributed by atoms with van der Waals surface area (Å²) >= 11 is 0. The maximum atomic E-state index is 12.4. The average molecular weight is 379 g/mol. The van der Waals surface area contributed by atoms with Crippen molar-refractivity contribution in [2.24, 2.45) is 5.92 Å². The van der Waals surface area contributed by atoms with Gasteiger partial charge in [0.2, 0.25) is 0 Å². The Morgan fingerprint density at radius 3 is 2.36 bits per heavy atom. The summed E-state index contributed by atoms with van der Waals surface area (Å²) in [5, 5.41) is 9.44. The summed E-state index contributed by atoms with van der Waals surface area (Å²) in [4.78, 5) is 12.4. The van der Waals surface area contributed by atoms with E-state index < -0.39 is 5.97 Å². The van der Waals surface area contributed by atoms with Gasteiger partial charge >= 0.3 is 5.97 Å². The molecular weight excluding hydrogens is 348 g/mol. The number of carbonyl (C=O) groups is 1. The van der Waals surface area contributed by atoms with Gasteiger partial charge in [-0.05, 0) is 54.5 Å². The van der Waals surface area contributed by atoms with Crippen LogP contribution < -0.4 is 0 Å². The molecule has 4 nitrogen and oxygen atoms in total. The molecule has 2 aromatic rings. The first-order valence-corrected chi connectivity index (χ1v) is 9.77. The number of benzene rings is 1. The van der Waals surface area contributed by atoms with Crippen LogP contribution in [0.1, 0.15) is 61.7 Å². The predicted molar refractivity (Wildman–Crippen MR) is 113 cm³/mol. The molecule has 0 saturated carbocycles. The minimum atomic E-state index is -0.593. The Kier molecular flexibility index (Phi) is 7.23. The van der Waals surface area contributed by atoms with Crippen LogP contribution in [0.25, 0.3) is 6.08 Å². The molecule has 0 saturated heterocycles. The number of hydrogen-bond acceptors (Lipinski definition) is 3. The van der Waals surface area contributed by atoms with Crippen molar-refractivity contribution in [3.8, 4) is 6.07 Å². The summed E-state index contributed by atoms with van der Waals surface area (Å²) in [6.45, 7) is 13.7. The van der Waals surface area contributed by atoms with Crippen LogP contribution in [-0.4, -0.2) is 10.5 Å². The van der Waals surface area contributed by atoms with E-state index in [0.717, 1.165) is 29.1 Å². The van der Waals surface area contributed by atoms with Crippen LogP contribution >= 0.6 is 0 Å². The fourth-order valence-corrected chi connectivity index (χ4v) is 3.14. The van der Waals surface area contributed by atoms with E-state index in [0.29, 0.717) is 11.8 Å². The van der Waals surface area contributed by atoms with Gasteiger partial charge in [-0.3, -0.25) is 0 Å². The van der Waals surface area contributed by atoms with E-state index in [1.54, 1.807) is 6.08 Å². The lowest BCUT2D eigenvalue weighted by Crippen LogP contribution is -2.08. The number of aromatic nitrogens is 1. The number of esters is 1. The second-order valence-electron chi connectivity index (χ2n) is 7.97. The Morgan fingerprint density at radius 1 is 1.18 bits per heavy atom. The number of nitrogens with zero attached hydrogens (tertiary/aromatic N) is 2. The van der Waals surface area contributed by atoms with Crippen LogP contribution in [0, 0.1) is 31.1 Å². The van der Waals surface area contributed by atoms with Gasteiger partial charge < -0.3 is 9.30 Å². The molecule has 0 spiro atoms. The Balaban J connectivity index is 2.12. The summed E-state index contributed by atoms with van der Waals surface area (Å²) in [5.41, 5.74) is 5.22. The molecule has 0 amide bonds. The maximum absolute atomic E-state index is 12.4. The van der Waals surface area contributed by atoms with E-state index in [-0.39, 0.29) is 12.2 Å². The van der Waals surface area contributed by atoms with Gasteiger partial charge in [-0.1, -0.05) is 52.0 Å². The first-order chi connectivity index (χ1) is 13.2. The first-order valence-electron chi connectivity index (χ1n) is 9.77. The lowest BCUT2D eigenvalue weighted by Gasteiger charge is -2.12. The quantitative estimate of drug-likeness (QED) is 0.361. The Bertz CT molecular complexity index is 894. The third kappa shape index (κ3) is 5.36. The topological polar surface area (TPSA) is 55.0 Å². The summed E-state index contributed by atoms with van der Waals surface area (Å²) in [7, 11) is 0. The SMILES string of the molecule is Cc1cc(/C=C(\C#N)C(=O)OCc2ccc(C(C)C)cc2)c(C)n1CC(C)C. The minimum absolute atomic E-state index is 0.0172. The fourth-order valence-electron chi connectivity index (χ4n) is 3.14.